The van der Waals surface area contributed by atoms with Gasteiger partial charge in [-0.15, -0.1) is 0 Å². The van der Waals surface area contributed by atoms with E-state index in [0.717, 1.165) is 11.1 Å². The van der Waals surface area contributed by atoms with Gasteiger partial charge in [-0.1, -0.05) is 104 Å². The lowest BCUT2D eigenvalue weighted by molar-refractivity contribution is 0.135. The van der Waals surface area contributed by atoms with Crippen molar-refractivity contribution in [2.75, 3.05) is 0 Å². The van der Waals surface area contributed by atoms with Crippen molar-refractivity contribution in [3.8, 4) is 45.6 Å². The van der Waals surface area contributed by atoms with Crippen LogP contribution in [-0.4, -0.2) is 10.7 Å². The molecule has 6 rings (SSSR count). The van der Waals surface area contributed by atoms with E-state index in [4.69, 9.17) is 27.6 Å². The fraction of sp³-hybridized carbons (Fsp3) is 0.163. The van der Waals surface area contributed by atoms with E-state index in [1.807, 2.05) is 104 Å². The smallest absolute Gasteiger partial charge is 0.473 e. The molecule has 6 aromatic rings. The highest BCUT2D eigenvalue weighted by atomic mass is 31.2. The molecule has 0 heterocycles. The molecule has 10 heteroatoms. The second-order valence-electron chi connectivity index (χ2n) is 12.8. The Labute approximate surface area is 311 Å². The number of ether oxygens (including phenoxy) is 2. The van der Waals surface area contributed by atoms with Crippen LogP contribution in [0.2, 0.25) is 0 Å². The maximum Gasteiger partial charge on any atom is 0.473 e. The first-order chi connectivity index (χ1) is 25.5. The predicted molar refractivity (Wildman–Crippen MR) is 209 cm³/mol. The van der Waals surface area contributed by atoms with Gasteiger partial charge in [0.05, 0.1) is 0 Å². The minimum absolute atomic E-state index is 0.332. The highest BCUT2D eigenvalue weighted by Gasteiger charge is 2.52. The third kappa shape index (κ3) is 8.97. The standard InChI is InChI=1S/C43H42O8P2/c1-5-43(4,53(45,50-39-22-14-8-15-23-39)51-40-24-16-9-17-25-40)47-37-30-26-34(27-31-37)35-28-32-41(33-29-35)49-52(44,48-38-20-12-7-13-21-38)42(2,3)46-36-18-10-6-11-19-36/h6-33H,5H2,1-4H3. The van der Waals surface area contributed by atoms with Crippen molar-refractivity contribution in [2.45, 2.75) is 44.8 Å². The fourth-order valence-corrected chi connectivity index (χ4v) is 8.60. The molecule has 0 saturated heterocycles. The van der Waals surface area contributed by atoms with Gasteiger partial charge in [-0.25, -0.2) is 9.13 Å². The molecule has 6 aromatic carbocycles. The molecule has 0 saturated carbocycles. The zero-order valence-corrected chi connectivity index (χ0v) is 31.8. The molecule has 0 spiro atoms. The third-order valence-electron chi connectivity index (χ3n) is 8.52. The van der Waals surface area contributed by atoms with E-state index in [-0.39, 0.29) is 0 Å². The van der Waals surface area contributed by atoms with E-state index in [1.165, 1.54) is 0 Å². The van der Waals surface area contributed by atoms with Gasteiger partial charge in [-0.05, 0) is 111 Å². The van der Waals surface area contributed by atoms with Crippen LogP contribution in [0.3, 0.4) is 0 Å². The molecule has 8 nitrogen and oxygen atoms in total. The SMILES string of the molecule is CCC(C)(Oc1ccc(-c2ccc(OP(=O)(Oc3ccccc3)C(C)(C)Oc3ccccc3)cc2)cc1)P(=O)(Oc1ccccc1)Oc1ccccc1. The van der Waals surface area contributed by atoms with Gasteiger partial charge in [0.1, 0.15) is 34.5 Å². The molecule has 0 fully saturated rings. The third-order valence-corrected chi connectivity index (χ3v) is 13.3. The van der Waals surface area contributed by atoms with E-state index in [0.29, 0.717) is 40.9 Å². The maximum atomic E-state index is 14.7. The monoisotopic (exact) mass is 748 g/mol. The topological polar surface area (TPSA) is 89.5 Å². The van der Waals surface area contributed by atoms with Gasteiger partial charge in [0.15, 0.2) is 0 Å². The molecule has 0 aliphatic heterocycles. The number of hydrogen-bond donors (Lipinski definition) is 0. The Balaban J connectivity index is 1.21. The summed E-state index contributed by atoms with van der Waals surface area (Å²) < 4.78 is 66.3. The van der Waals surface area contributed by atoms with Gasteiger partial charge in [0.25, 0.3) is 0 Å². The summed E-state index contributed by atoms with van der Waals surface area (Å²) in [5.74, 6) is 2.60. The van der Waals surface area contributed by atoms with Crippen molar-refractivity contribution in [3.63, 3.8) is 0 Å². The average Bonchev–Trinajstić information content (AvgIpc) is 3.17. The molecule has 272 valence electrons. The van der Waals surface area contributed by atoms with Gasteiger partial charge in [0.2, 0.25) is 10.7 Å². The van der Waals surface area contributed by atoms with Crippen molar-refractivity contribution in [1.82, 2.24) is 0 Å². The molecule has 0 bridgehead atoms. The lowest BCUT2D eigenvalue weighted by Crippen LogP contribution is -2.35. The van der Waals surface area contributed by atoms with E-state index in [2.05, 4.69) is 0 Å². The number of benzene rings is 6. The number of para-hydroxylation sites is 4. The summed E-state index contributed by atoms with van der Waals surface area (Å²) in [6.45, 7) is 6.99. The summed E-state index contributed by atoms with van der Waals surface area (Å²) in [5, 5.41) is -2.69. The minimum atomic E-state index is -3.99. The van der Waals surface area contributed by atoms with Crippen molar-refractivity contribution >= 4 is 15.2 Å². The van der Waals surface area contributed by atoms with Crippen LogP contribution in [0, 0.1) is 0 Å². The summed E-state index contributed by atoms with van der Waals surface area (Å²) in [5.41, 5.74) is 1.77. The summed E-state index contributed by atoms with van der Waals surface area (Å²) in [6, 6.07) is 50.6. The van der Waals surface area contributed by atoms with E-state index in [1.54, 1.807) is 93.6 Å². The van der Waals surface area contributed by atoms with Crippen LogP contribution in [0.15, 0.2) is 170 Å². The maximum absolute atomic E-state index is 14.7. The molecule has 0 amide bonds. The summed E-state index contributed by atoms with van der Waals surface area (Å²) >= 11 is 0. The second-order valence-corrected chi connectivity index (χ2v) is 17.6. The minimum Gasteiger partial charge on any atom is -0.473 e. The van der Waals surface area contributed by atoms with Crippen molar-refractivity contribution < 1.29 is 36.7 Å². The van der Waals surface area contributed by atoms with Crippen molar-refractivity contribution in [1.29, 1.82) is 0 Å². The van der Waals surface area contributed by atoms with Gasteiger partial charge in [-0.2, -0.15) is 0 Å². The van der Waals surface area contributed by atoms with Gasteiger partial charge >= 0.3 is 15.2 Å². The first-order valence-electron chi connectivity index (χ1n) is 17.3. The highest BCUT2D eigenvalue weighted by Crippen LogP contribution is 2.61. The van der Waals surface area contributed by atoms with Crippen LogP contribution in [0.4, 0.5) is 0 Å². The molecular formula is C43H42O8P2. The first kappa shape index (κ1) is 37.3. The first-order valence-corrected chi connectivity index (χ1v) is 20.4. The number of rotatable bonds is 16. The highest BCUT2D eigenvalue weighted by molar-refractivity contribution is 7.56. The van der Waals surface area contributed by atoms with Crippen LogP contribution in [0.25, 0.3) is 11.1 Å². The van der Waals surface area contributed by atoms with Crippen molar-refractivity contribution in [3.05, 3.63) is 170 Å². The molecular weight excluding hydrogens is 706 g/mol. The van der Waals surface area contributed by atoms with Crippen LogP contribution >= 0.6 is 15.2 Å². The Morgan fingerprint density at radius 2 is 0.698 bits per heavy atom. The molecule has 0 radical (unpaired) electrons. The summed E-state index contributed by atoms with van der Waals surface area (Å²) in [7, 11) is -7.97. The molecule has 0 aromatic heterocycles. The van der Waals surface area contributed by atoms with E-state index >= 15 is 0 Å². The van der Waals surface area contributed by atoms with Gasteiger partial charge in [-0.3, -0.25) is 0 Å². The van der Waals surface area contributed by atoms with Crippen LogP contribution in [-0.2, 0) is 9.13 Å². The molecule has 53 heavy (non-hydrogen) atoms. The zero-order chi connectivity index (χ0) is 37.4. The van der Waals surface area contributed by atoms with Gasteiger partial charge in [0, 0.05) is 0 Å². The van der Waals surface area contributed by atoms with Crippen molar-refractivity contribution in [2.24, 2.45) is 0 Å². The van der Waals surface area contributed by atoms with Crippen LogP contribution in [0.5, 0.6) is 34.5 Å². The molecule has 0 aliphatic carbocycles. The largest absolute Gasteiger partial charge is 0.473 e. The molecule has 0 aliphatic rings. The van der Waals surface area contributed by atoms with Gasteiger partial charge < -0.3 is 27.6 Å². The molecule has 2 atom stereocenters. The Kier molecular flexibility index (Phi) is 11.3. The molecule has 0 N–H and O–H groups in total. The lowest BCUT2D eigenvalue weighted by Gasteiger charge is -2.35. The fourth-order valence-electron chi connectivity index (χ4n) is 5.28. The Hall–Kier alpha value is -5.42. The quantitative estimate of drug-likeness (QED) is 0.0904. The van der Waals surface area contributed by atoms with Crippen LogP contribution < -0.4 is 27.6 Å². The Morgan fingerprint density at radius 1 is 0.396 bits per heavy atom. The van der Waals surface area contributed by atoms with E-state index in [9.17, 15) is 9.13 Å². The number of hydrogen-bond acceptors (Lipinski definition) is 8. The molecule has 2 unspecified atom stereocenters. The average molecular weight is 749 g/mol. The second kappa shape index (κ2) is 16.1. The Morgan fingerprint density at radius 3 is 1.08 bits per heavy atom. The normalized spacial score (nSPS) is 13.8. The van der Waals surface area contributed by atoms with Crippen LogP contribution in [0.1, 0.15) is 34.1 Å². The predicted octanol–water partition coefficient (Wildman–Crippen LogP) is 12.7. The summed E-state index contributed by atoms with van der Waals surface area (Å²) in [4.78, 5) is 0. The Bertz CT molecular complexity index is 2100. The summed E-state index contributed by atoms with van der Waals surface area (Å²) in [6.07, 6.45) is 0.332. The lowest BCUT2D eigenvalue weighted by atomic mass is 10.1. The zero-order valence-electron chi connectivity index (χ0n) is 30.0. The van der Waals surface area contributed by atoms with E-state index < -0.39 is 25.9 Å².